The van der Waals surface area contributed by atoms with Crippen molar-refractivity contribution in [1.82, 2.24) is 20.0 Å². The zero-order valence-electron chi connectivity index (χ0n) is 31.8. The third-order valence-electron chi connectivity index (χ3n) is 12.0. The van der Waals surface area contributed by atoms with Crippen LogP contribution in [0.2, 0.25) is 15.1 Å². The summed E-state index contributed by atoms with van der Waals surface area (Å²) >= 11 is 19.2. The first-order valence-electron chi connectivity index (χ1n) is 20.1. The lowest BCUT2D eigenvalue weighted by Gasteiger charge is -2.36. The van der Waals surface area contributed by atoms with Gasteiger partial charge in [-0.2, -0.15) is 0 Å². The molecule has 1 N–H and O–H groups in total. The molecule has 1 atom stereocenters. The molecule has 0 bridgehead atoms. The van der Waals surface area contributed by atoms with E-state index in [1.54, 1.807) is 21.9 Å². The fraction of sp³-hybridized carbons (Fsp3) is 0.400. The number of piperidine rings is 2. The summed E-state index contributed by atoms with van der Waals surface area (Å²) in [7, 11) is 0. The molecule has 298 valence electrons. The maximum atomic E-state index is 14.1. The molecule has 1 aliphatic carbocycles. The summed E-state index contributed by atoms with van der Waals surface area (Å²) in [5, 5.41) is 4.60. The molecule has 0 radical (unpaired) electrons. The molecule has 8 rings (SSSR count). The molecule has 4 amide bonds. The van der Waals surface area contributed by atoms with Crippen LogP contribution < -0.4 is 10.1 Å². The molecule has 0 unspecified atom stereocenters. The number of rotatable bonds is 9. The van der Waals surface area contributed by atoms with Gasteiger partial charge in [-0.05, 0) is 89.2 Å². The third kappa shape index (κ3) is 8.86. The molecule has 3 fully saturated rings. The van der Waals surface area contributed by atoms with E-state index in [0.29, 0.717) is 73.8 Å². The molecule has 9 nitrogen and oxygen atoms in total. The van der Waals surface area contributed by atoms with E-state index in [2.05, 4.69) is 29.6 Å². The number of carbonyl (C=O) groups excluding carboxylic acids is 3. The molecular weight excluding hydrogens is 783 g/mol. The number of carbonyl (C=O) groups is 3. The summed E-state index contributed by atoms with van der Waals surface area (Å²) < 4.78 is 12.6. The first kappa shape index (κ1) is 39.4. The fourth-order valence-corrected chi connectivity index (χ4v) is 9.52. The van der Waals surface area contributed by atoms with Gasteiger partial charge in [0.2, 0.25) is 5.91 Å². The quantitative estimate of drug-likeness (QED) is 0.182. The normalized spacial score (nSPS) is 17.9. The number of nitrogens with one attached hydrogen (secondary N) is 1. The number of hydrogen-bond donors (Lipinski definition) is 1. The van der Waals surface area contributed by atoms with Crippen molar-refractivity contribution in [3.8, 4) is 16.9 Å². The number of amides is 4. The first-order valence-corrected chi connectivity index (χ1v) is 21.2. The van der Waals surface area contributed by atoms with Gasteiger partial charge in [0, 0.05) is 79.5 Å². The van der Waals surface area contributed by atoms with Crippen molar-refractivity contribution in [3.05, 3.63) is 122 Å². The van der Waals surface area contributed by atoms with E-state index in [0.717, 1.165) is 42.6 Å². The number of hydrogen-bond acceptors (Lipinski definition) is 5. The molecule has 3 heterocycles. The largest absolute Gasteiger partial charge is 0.490 e. The zero-order valence-corrected chi connectivity index (χ0v) is 34.1. The SMILES string of the molecule is O=C(N[C@H](Cc1ccc(Cl)cc1Cl)C(=O)N1CCC(c2ccc(Cl)cc2OC2CCN(C(=O)OCC3c4ccccc4-c4ccccc43)CC2)CC1)N1CCCC1. The second-order valence-electron chi connectivity index (χ2n) is 15.5. The van der Waals surface area contributed by atoms with Crippen LogP contribution in [-0.2, 0) is 16.0 Å². The van der Waals surface area contributed by atoms with Gasteiger partial charge in [0.25, 0.3) is 0 Å². The Balaban J connectivity index is 0.860. The van der Waals surface area contributed by atoms with E-state index in [1.165, 1.54) is 22.3 Å². The van der Waals surface area contributed by atoms with E-state index in [-0.39, 0.29) is 42.4 Å². The number of urea groups is 1. The first-order chi connectivity index (χ1) is 27.7. The zero-order chi connectivity index (χ0) is 39.5. The number of benzene rings is 4. The Morgan fingerprint density at radius 1 is 0.684 bits per heavy atom. The van der Waals surface area contributed by atoms with Gasteiger partial charge in [-0.15, -0.1) is 0 Å². The lowest BCUT2D eigenvalue weighted by atomic mass is 9.88. The molecular formula is C45H47Cl3N4O5. The Morgan fingerprint density at radius 2 is 1.30 bits per heavy atom. The molecule has 0 aromatic heterocycles. The third-order valence-corrected chi connectivity index (χ3v) is 12.8. The summed E-state index contributed by atoms with van der Waals surface area (Å²) in [6, 6.07) is 26.7. The monoisotopic (exact) mass is 828 g/mol. The van der Waals surface area contributed by atoms with Crippen LogP contribution >= 0.6 is 34.8 Å². The molecule has 3 saturated heterocycles. The summed E-state index contributed by atoms with van der Waals surface area (Å²) in [5.74, 6) is 0.803. The fourth-order valence-electron chi connectivity index (χ4n) is 8.87. The van der Waals surface area contributed by atoms with Gasteiger partial charge in [0.1, 0.15) is 24.5 Å². The van der Waals surface area contributed by atoms with Gasteiger partial charge in [0.05, 0.1) is 0 Å². The van der Waals surface area contributed by atoms with Crippen molar-refractivity contribution in [2.75, 3.05) is 45.9 Å². The number of halogens is 3. The van der Waals surface area contributed by atoms with Crippen molar-refractivity contribution in [2.45, 2.75) is 68.9 Å². The number of fused-ring (bicyclic) bond motifs is 3. The smallest absolute Gasteiger partial charge is 0.409 e. The van der Waals surface area contributed by atoms with E-state index in [4.69, 9.17) is 44.3 Å². The maximum absolute atomic E-state index is 14.1. The Morgan fingerprint density at radius 3 is 1.96 bits per heavy atom. The number of ether oxygens (including phenoxy) is 2. The molecule has 0 spiro atoms. The van der Waals surface area contributed by atoms with Crippen LogP contribution in [-0.4, -0.2) is 90.8 Å². The number of likely N-dealkylation sites (tertiary alicyclic amines) is 3. The van der Waals surface area contributed by atoms with Crippen LogP contribution in [0.4, 0.5) is 9.59 Å². The molecule has 4 aromatic carbocycles. The van der Waals surface area contributed by atoms with Crippen LogP contribution in [0.25, 0.3) is 11.1 Å². The summed E-state index contributed by atoms with van der Waals surface area (Å²) in [4.78, 5) is 45.9. The average Bonchev–Trinajstić information content (AvgIpc) is 3.88. The minimum absolute atomic E-state index is 0.0176. The maximum Gasteiger partial charge on any atom is 0.409 e. The Labute approximate surface area is 349 Å². The van der Waals surface area contributed by atoms with E-state index >= 15 is 0 Å². The van der Waals surface area contributed by atoms with Crippen LogP contribution in [0, 0.1) is 0 Å². The highest BCUT2D eigenvalue weighted by Gasteiger charge is 2.34. The predicted octanol–water partition coefficient (Wildman–Crippen LogP) is 9.56. The summed E-state index contributed by atoms with van der Waals surface area (Å²) in [5.41, 5.74) is 6.61. The van der Waals surface area contributed by atoms with Crippen molar-refractivity contribution in [1.29, 1.82) is 0 Å². The van der Waals surface area contributed by atoms with Gasteiger partial charge in [-0.1, -0.05) is 95.5 Å². The van der Waals surface area contributed by atoms with Crippen molar-refractivity contribution < 1.29 is 23.9 Å². The minimum atomic E-state index is -0.762. The summed E-state index contributed by atoms with van der Waals surface area (Å²) in [6.45, 7) is 3.81. The van der Waals surface area contributed by atoms with Gasteiger partial charge >= 0.3 is 12.1 Å². The highest BCUT2D eigenvalue weighted by molar-refractivity contribution is 6.35. The Bertz CT molecular complexity index is 2060. The second kappa shape index (κ2) is 17.6. The van der Waals surface area contributed by atoms with Crippen LogP contribution in [0.15, 0.2) is 84.9 Å². The van der Waals surface area contributed by atoms with Gasteiger partial charge in [0.15, 0.2) is 0 Å². The average molecular weight is 830 g/mol. The van der Waals surface area contributed by atoms with Crippen LogP contribution in [0.3, 0.4) is 0 Å². The van der Waals surface area contributed by atoms with E-state index < -0.39 is 6.04 Å². The minimum Gasteiger partial charge on any atom is -0.490 e. The molecule has 57 heavy (non-hydrogen) atoms. The molecule has 4 aromatic rings. The molecule has 3 aliphatic heterocycles. The van der Waals surface area contributed by atoms with Crippen molar-refractivity contribution in [3.63, 3.8) is 0 Å². The highest BCUT2D eigenvalue weighted by Crippen LogP contribution is 2.45. The van der Waals surface area contributed by atoms with Gasteiger partial charge < -0.3 is 29.5 Å². The van der Waals surface area contributed by atoms with Gasteiger partial charge in [-0.25, -0.2) is 9.59 Å². The van der Waals surface area contributed by atoms with Gasteiger partial charge in [-0.3, -0.25) is 4.79 Å². The standard InChI is InChI=1S/C45H47Cl3N4O5/c46-31-12-11-30(40(48)26-31)25-41(49-44(54)51-19-5-6-20-51)43(53)50-21-15-29(16-22-50)34-14-13-32(47)27-42(34)57-33-17-23-52(24-18-33)45(55)56-28-39-37-9-3-1-7-35(37)36-8-2-4-10-38(36)39/h1-4,7-14,26-27,29,33,39,41H,5-6,15-25,28H2,(H,49,54)/t41-/m1/s1. The molecule has 12 heteroatoms. The Kier molecular flexibility index (Phi) is 12.2. The predicted molar refractivity (Wildman–Crippen MR) is 224 cm³/mol. The molecule has 4 aliphatic rings. The van der Waals surface area contributed by atoms with Crippen LogP contribution in [0.1, 0.15) is 72.6 Å². The lowest BCUT2D eigenvalue weighted by molar-refractivity contribution is -0.134. The lowest BCUT2D eigenvalue weighted by Crippen LogP contribution is -2.54. The second-order valence-corrected chi connectivity index (χ2v) is 16.8. The topological polar surface area (TPSA) is 91.4 Å². The van der Waals surface area contributed by atoms with E-state index in [9.17, 15) is 14.4 Å². The van der Waals surface area contributed by atoms with Crippen molar-refractivity contribution >= 4 is 52.8 Å². The van der Waals surface area contributed by atoms with Crippen LogP contribution in [0.5, 0.6) is 5.75 Å². The number of nitrogens with zero attached hydrogens (tertiary/aromatic N) is 3. The van der Waals surface area contributed by atoms with Crippen molar-refractivity contribution in [2.24, 2.45) is 0 Å². The summed E-state index contributed by atoms with van der Waals surface area (Å²) in [6.07, 6.45) is 4.62. The molecule has 0 saturated carbocycles. The highest BCUT2D eigenvalue weighted by atomic mass is 35.5. The Hall–Kier alpha value is -4.44. The van der Waals surface area contributed by atoms with E-state index in [1.807, 2.05) is 53.4 Å².